The lowest BCUT2D eigenvalue weighted by molar-refractivity contribution is 0.0660. The predicted molar refractivity (Wildman–Crippen MR) is 55.3 cm³/mol. The van der Waals surface area contributed by atoms with Gasteiger partial charge in [-0.15, -0.1) is 0 Å². The van der Waals surface area contributed by atoms with Crippen molar-refractivity contribution in [3.8, 4) is 0 Å². The maximum Gasteiger partial charge on any atom is 0.372 e. The lowest BCUT2D eigenvalue weighted by atomic mass is 10.2. The first-order valence-electron chi connectivity index (χ1n) is 4.81. The van der Waals surface area contributed by atoms with Gasteiger partial charge >= 0.3 is 5.97 Å². The summed E-state index contributed by atoms with van der Waals surface area (Å²) >= 11 is 0. The van der Waals surface area contributed by atoms with E-state index in [-0.39, 0.29) is 18.4 Å². The highest BCUT2D eigenvalue weighted by atomic mass is 16.5. The maximum atomic E-state index is 10.7. The van der Waals surface area contributed by atoms with Gasteiger partial charge in [0.25, 0.3) is 0 Å². The Morgan fingerprint density at radius 2 is 2.44 bits per heavy atom. The predicted octanol–water partition coefficient (Wildman–Crippen LogP) is 0.0747. The van der Waals surface area contributed by atoms with E-state index in [1.165, 1.54) is 13.4 Å². The molecule has 0 aromatic carbocycles. The fraction of sp³-hybridized carbons (Fsp3) is 0.500. The normalized spacial score (nSPS) is 12.6. The molecule has 0 radical (unpaired) electrons. The summed E-state index contributed by atoms with van der Waals surface area (Å²) in [5.74, 6) is -1.18. The fourth-order valence-electron chi connectivity index (χ4n) is 1.29. The van der Waals surface area contributed by atoms with Crippen LogP contribution in [0, 0.1) is 0 Å². The largest absolute Gasteiger partial charge is 0.475 e. The molecule has 3 N–H and O–H groups in total. The Morgan fingerprint density at radius 1 is 1.69 bits per heavy atom. The molecule has 1 aromatic rings. The second-order valence-corrected chi connectivity index (χ2v) is 3.30. The van der Waals surface area contributed by atoms with Crippen molar-refractivity contribution in [3.63, 3.8) is 0 Å². The first-order valence-corrected chi connectivity index (χ1v) is 4.81. The molecule has 0 fully saturated rings. The van der Waals surface area contributed by atoms with Gasteiger partial charge in [0, 0.05) is 19.2 Å². The van der Waals surface area contributed by atoms with Crippen LogP contribution in [-0.4, -0.2) is 42.5 Å². The Hall–Kier alpha value is -1.37. The van der Waals surface area contributed by atoms with Crippen LogP contribution in [0.1, 0.15) is 16.1 Å². The van der Waals surface area contributed by atoms with Crippen molar-refractivity contribution in [1.82, 2.24) is 5.32 Å². The summed E-state index contributed by atoms with van der Waals surface area (Å²) in [6.45, 7) is 0.595. The quantitative estimate of drug-likeness (QED) is 0.613. The molecule has 90 valence electrons. The number of aromatic carboxylic acids is 1. The summed E-state index contributed by atoms with van der Waals surface area (Å²) in [6.07, 6.45) is 1.32. The average Bonchev–Trinajstić information content (AvgIpc) is 2.72. The summed E-state index contributed by atoms with van der Waals surface area (Å²) in [5, 5.41) is 20.7. The van der Waals surface area contributed by atoms with Gasteiger partial charge in [0.1, 0.15) is 0 Å². The highest BCUT2D eigenvalue weighted by Gasteiger charge is 2.15. The van der Waals surface area contributed by atoms with Crippen molar-refractivity contribution in [1.29, 1.82) is 0 Å². The monoisotopic (exact) mass is 229 g/mol. The Kier molecular flexibility index (Phi) is 4.97. The number of nitrogens with one attached hydrogen (secondary N) is 1. The third-order valence-electron chi connectivity index (χ3n) is 2.11. The number of carboxylic acids is 1. The summed E-state index contributed by atoms with van der Waals surface area (Å²) in [4.78, 5) is 10.7. The fourth-order valence-corrected chi connectivity index (χ4v) is 1.29. The maximum absolute atomic E-state index is 10.7. The third kappa shape index (κ3) is 3.34. The van der Waals surface area contributed by atoms with Crippen LogP contribution in [0.25, 0.3) is 0 Å². The van der Waals surface area contributed by atoms with Crippen molar-refractivity contribution >= 4 is 5.97 Å². The zero-order valence-electron chi connectivity index (χ0n) is 8.97. The smallest absolute Gasteiger partial charge is 0.372 e. The third-order valence-corrected chi connectivity index (χ3v) is 2.11. The van der Waals surface area contributed by atoms with Gasteiger partial charge in [0.2, 0.25) is 5.76 Å². The van der Waals surface area contributed by atoms with Gasteiger partial charge in [-0.2, -0.15) is 0 Å². The molecule has 1 heterocycles. The molecule has 0 aliphatic heterocycles. The Morgan fingerprint density at radius 3 is 3.00 bits per heavy atom. The average molecular weight is 229 g/mol. The highest BCUT2D eigenvalue weighted by molar-refractivity contribution is 5.86. The van der Waals surface area contributed by atoms with Crippen molar-refractivity contribution in [2.45, 2.75) is 12.6 Å². The highest BCUT2D eigenvalue weighted by Crippen LogP contribution is 2.10. The van der Waals surface area contributed by atoms with Crippen LogP contribution in [0.2, 0.25) is 0 Å². The van der Waals surface area contributed by atoms with Gasteiger partial charge < -0.3 is 24.7 Å². The second kappa shape index (κ2) is 6.26. The van der Waals surface area contributed by atoms with Crippen LogP contribution in [0.5, 0.6) is 0 Å². The Bertz CT molecular complexity index is 336. The Balaban J connectivity index is 2.53. The van der Waals surface area contributed by atoms with E-state index in [2.05, 4.69) is 5.32 Å². The van der Waals surface area contributed by atoms with E-state index in [1.54, 1.807) is 6.07 Å². The number of ether oxygens (including phenoxy) is 1. The number of carboxylic acid groups (broad SMARTS) is 1. The minimum absolute atomic E-state index is 0.0753. The van der Waals surface area contributed by atoms with Gasteiger partial charge in [-0.05, 0) is 6.07 Å². The number of aliphatic hydroxyl groups excluding tert-OH is 1. The Labute approximate surface area is 92.8 Å². The van der Waals surface area contributed by atoms with Crippen LogP contribution in [0.15, 0.2) is 16.7 Å². The molecule has 0 saturated heterocycles. The number of methoxy groups -OCH3 is 1. The van der Waals surface area contributed by atoms with E-state index in [9.17, 15) is 4.79 Å². The van der Waals surface area contributed by atoms with E-state index in [0.717, 1.165) is 0 Å². The standard InChI is InChI=1S/C10H15NO5/c1-15-6-8(5-12)11-4-7-2-3-16-9(7)10(13)14/h2-3,8,11-12H,4-6H2,1H3,(H,13,14). The van der Waals surface area contributed by atoms with E-state index in [4.69, 9.17) is 19.4 Å². The summed E-state index contributed by atoms with van der Waals surface area (Å²) in [6, 6.07) is 1.36. The first-order chi connectivity index (χ1) is 7.69. The van der Waals surface area contributed by atoms with Crippen LogP contribution in [0.4, 0.5) is 0 Å². The summed E-state index contributed by atoms with van der Waals surface area (Å²) in [5.41, 5.74) is 0.544. The van der Waals surface area contributed by atoms with Crippen molar-refractivity contribution in [2.24, 2.45) is 0 Å². The molecule has 0 spiro atoms. The number of rotatable bonds is 7. The molecule has 6 nitrogen and oxygen atoms in total. The van der Waals surface area contributed by atoms with Gasteiger partial charge in [-0.25, -0.2) is 4.79 Å². The number of hydrogen-bond acceptors (Lipinski definition) is 5. The minimum atomic E-state index is -1.10. The lowest BCUT2D eigenvalue weighted by Crippen LogP contribution is -2.36. The summed E-state index contributed by atoms with van der Waals surface area (Å²) in [7, 11) is 1.53. The molecule has 1 aromatic heterocycles. The lowest BCUT2D eigenvalue weighted by Gasteiger charge is -2.14. The first kappa shape index (κ1) is 12.7. The van der Waals surface area contributed by atoms with Crippen LogP contribution in [-0.2, 0) is 11.3 Å². The molecule has 1 rings (SSSR count). The second-order valence-electron chi connectivity index (χ2n) is 3.30. The molecule has 0 aliphatic carbocycles. The van der Waals surface area contributed by atoms with Crippen molar-refractivity contribution < 1.29 is 24.2 Å². The molecule has 6 heteroatoms. The number of hydrogen-bond donors (Lipinski definition) is 3. The van der Waals surface area contributed by atoms with E-state index < -0.39 is 5.97 Å². The SMILES string of the molecule is COCC(CO)NCc1ccoc1C(=O)O. The molecule has 0 amide bonds. The molecule has 16 heavy (non-hydrogen) atoms. The zero-order valence-corrected chi connectivity index (χ0v) is 8.97. The molecule has 0 saturated carbocycles. The molecule has 0 bridgehead atoms. The van der Waals surface area contributed by atoms with Crippen molar-refractivity contribution in [2.75, 3.05) is 20.3 Å². The van der Waals surface area contributed by atoms with E-state index in [0.29, 0.717) is 18.7 Å². The van der Waals surface area contributed by atoms with E-state index >= 15 is 0 Å². The number of carbonyl (C=O) groups is 1. The van der Waals surface area contributed by atoms with Gasteiger partial charge in [-0.3, -0.25) is 0 Å². The molecule has 1 unspecified atom stereocenters. The number of furan rings is 1. The van der Waals surface area contributed by atoms with E-state index in [1.807, 2.05) is 0 Å². The minimum Gasteiger partial charge on any atom is -0.475 e. The number of aliphatic hydroxyl groups is 1. The molecular formula is C10H15NO5. The molecule has 0 aliphatic rings. The van der Waals surface area contributed by atoms with Crippen molar-refractivity contribution in [3.05, 3.63) is 23.7 Å². The van der Waals surface area contributed by atoms with Gasteiger partial charge in [0.05, 0.1) is 25.5 Å². The van der Waals surface area contributed by atoms with Gasteiger partial charge in [0.15, 0.2) is 0 Å². The van der Waals surface area contributed by atoms with Crippen LogP contribution < -0.4 is 5.32 Å². The van der Waals surface area contributed by atoms with Crippen LogP contribution >= 0.6 is 0 Å². The van der Waals surface area contributed by atoms with Crippen LogP contribution in [0.3, 0.4) is 0 Å². The topological polar surface area (TPSA) is 91.9 Å². The molecule has 1 atom stereocenters. The summed E-state index contributed by atoms with van der Waals surface area (Å²) < 4.78 is 9.70. The zero-order chi connectivity index (χ0) is 12.0. The van der Waals surface area contributed by atoms with Gasteiger partial charge in [-0.1, -0.05) is 0 Å². The molecular weight excluding hydrogens is 214 g/mol.